The minimum absolute atomic E-state index is 0.00870. The number of carbonyl (C=O) groups is 8. The Morgan fingerprint density at radius 3 is 1.22 bits per heavy atom. The number of hydrogen-bond donors (Lipinski definition) is 10. The van der Waals surface area contributed by atoms with Crippen LogP contribution in [0.25, 0.3) is 0 Å². The van der Waals surface area contributed by atoms with Crippen molar-refractivity contribution < 1.29 is 43.1 Å². The van der Waals surface area contributed by atoms with Gasteiger partial charge in [-0.3, -0.25) is 33.6 Å². The van der Waals surface area contributed by atoms with Gasteiger partial charge in [-0.05, 0) is 303 Å². The Morgan fingerprint density at radius 1 is 0.443 bits per heavy atom. The molecule has 5 aliphatic rings. The third kappa shape index (κ3) is 55.7. The lowest BCUT2D eigenvalue weighted by molar-refractivity contribution is -0.127. The van der Waals surface area contributed by atoms with Crippen molar-refractivity contribution in [2.24, 2.45) is 41.4 Å². The van der Waals surface area contributed by atoms with Crippen molar-refractivity contribution >= 4 is 59.0 Å². The topological polar surface area (TPSA) is 273 Å². The quantitative estimate of drug-likeness (QED) is 0.0476. The molecule has 2 unspecified atom stereocenters. The van der Waals surface area contributed by atoms with E-state index in [0.717, 1.165) is 88.2 Å². The molecule has 654 valence electrons. The summed E-state index contributed by atoms with van der Waals surface area (Å²) in [6.45, 7) is 61.7. The minimum Gasteiger partial charge on any atom is -0.444 e. The molecule has 0 bridgehead atoms. The van der Waals surface area contributed by atoms with Crippen molar-refractivity contribution in [2.45, 2.75) is 322 Å². The molecule has 0 aromatic heterocycles. The van der Waals surface area contributed by atoms with Crippen LogP contribution in [0, 0.1) is 41.4 Å². The standard InChI is InChI=1S/C14H26N2O3.C11H21NO.C11H15NO.C10H12ClNO.C10H20N2O.C10H20N2.C10H13NO.C9H17NO.C8H17N/c1-10(2)15-12(17)11-7-6-8-16(9-11)13(18)19-14(3,4)5;1-8(2)12-11(13)10-6-4-9(3)5-7-10;1-9(2)12-11(13)8-10-6-4-3-5-7-10;1-7(2)12-10(13)8-3-5-9(11)6-4-8;1-8(2)11-10(13)9-4-6-12(3)7-5-9;1-8(2)12-9(3)10-5-4-6-11-7-10;1-8(2)11-10(12)9-6-4-3-5-7-9;1-7(2)10-9(11)8-5-3-4-6-8;1-6(2)8(5)9-7(3)4/h10-11H,6-9H2,1-5H3,(H,15,17);8-10H,4-7H2,1-3H3,(H,12,13);3-7,9H,8H2,1-2H3,(H,12,13);3-7H,1-2H3,(H,12,13);8-9H,4-7H2,1-3H3,(H,11,13);8,10-12H,3-7H2,1-2H3;3-8H,1-2H3,(H,11,12);7-8H,3-6H2,1-2H3,(H,10,11);6-7,9H,5H2,1-4H3. The number of carbonyl (C=O) groups excluding carboxylic acids is 8. The summed E-state index contributed by atoms with van der Waals surface area (Å²) in [5.74, 6) is 3.55. The van der Waals surface area contributed by atoms with E-state index in [0.29, 0.717) is 77.5 Å². The van der Waals surface area contributed by atoms with E-state index < -0.39 is 5.60 Å². The van der Waals surface area contributed by atoms with Crippen LogP contribution in [-0.4, -0.2) is 164 Å². The number of ether oxygens (including phenoxy) is 1. The van der Waals surface area contributed by atoms with E-state index in [1.54, 1.807) is 41.3 Å². The lowest BCUT2D eigenvalue weighted by atomic mass is 9.82. The van der Waals surface area contributed by atoms with E-state index in [9.17, 15) is 38.4 Å². The van der Waals surface area contributed by atoms with Crippen LogP contribution >= 0.6 is 11.6 Å². The predicted octanol–water partition coefficient (Wildman–Crippen LogP) is 16.8. The van der Waals surface area contributed by atoms with Gasteiger partial charge < -0.3 is 67.7 Å². The molecule has 8 amide bonds. The maximum absolute atomic E-state index is 12.0. The first kappa shape index (κ1) is 108. The van der Waals surface area contributed by atoms with Crippen molar-refractivity contribution in [3.8, 4) is 0 Å². The first-order valence-corrected chi connectivity index (χ1v) is 43.4. The van der Waals surface area contributed by atoms with Crippen LogP contribution in [0.3, 0.4) is 0 Å². The zero-order valence-corrected chi connectivity index (χ0v) is 76.8. The molecule has 22 heteroatoms. The van der Waals surface area contributed by atoms with Crippen LogP contribution in [0.5, 0.6) is 0 Å². The van der Waals surface area contributed by atoms with E-state index in [4.69, 9.17) is 16.3 Å². The summed E-state index contributed by atoms with van der Waals surface area (Å²) >= 11 is 5.69. The number of likely N-dealkylation sites (tertiary alicyclic amines) is 2. The molecule has 5 fully saturated rings. The molecular weight excluding hydrogens is 1460 g/mol. The fraction of sp³-hybridized carbons (Fsp3) is 0.677. The summed E-state index contributed by atoms with van der Waals surface area (Å²) in [5.41, 5.74) is 4.25. The highest BCUT2D eigenvalue weighted by Gasteiger charge is 2.32. The largest absolute Gasteiger partial charge is 0.444 e. The minimum atomic E-state index is -0.496. The molecule has 10 N–H and O–H groups in total. The van der Waals surface area contributed by atoms with Gasteiger partial charge in [0.15, 0.2) is 0 Å². The molecule has 3 aromatic carbocycles. The zero-order valence-electron chi connectivity index (χ0n) is 76.0. The van der Waals surface area contributed by atoms with Gasteiger partial charge in [-0.15, -0.1) is 0 Å². The predicted molar refractivity (Wildman–Crippen MR) is 479 cm³/mol. The third-order valence-electron chi connectivity index (χ3n) is 18.4. The van der Waals surface area contributed by atoms with Crippen LogP contribution in [0.15, 0.2) is 109 Å². The highest BCUT2D eigenvalue weighted by atomic mass is 35.5. The SMILES string of the molecule is C=C(NC(C)C)C(C)C.C=C(NC(C)C)C1CCCNC1.CC(C)NC(=O)C1CCCC1.CC(C)NC(=O)C1CCCN(C(=O)OC(C)(C)C)C1.CC(C)NC(=O)C1CCN(C)CC1.CC(C)NC(=O)Cc1ccccc1.CC(C)NC(=O)c1ccc(Cl)cc1.CC(C)NC(=O)c1ccccc1.CC1CCC(C(=O)NC(C)C)CC1. The molecule has 8 rings (SSSR count). The van der Waals surface area contributed by atoms with Gasteiger partial charge in [0.05, 0.1) is 12.3 Å². The van der Waals surface area contributed by atoms with Crippen molar-refractivity contribution in [2.75, 3.05) is 46.3 Å². The average molecular weight is 1630 g/mol. The number of rotatable bonds is 21. The highest BCUT2D eigenvalue weighted by Crippen LogP contribution is 2.29. The first-order valence-electron chi connectivity index (χ1n) is 43.0. The van der Waals surface area contributed by atoms with E-state index in [-0.39, 0.29) is 95.5 Å². The van der Waals surface area contributed by atoms with Crippen LogP contribution in [-0.2, 0) is 35.1 Å². The van der Waals surface area contributed by atoms with Crippen LogP contribution in [0.4, 0.5) is 4.79 Å². The lowest BCUT2D eigenvalue weighted by Crippen LogP contribution is -2.48. The number of benzene rings is 3. The number of allylic oxidation sites excluding steroid dienone is 1. The van der Waals surface area contributed by atoms with Crippen molar-refractivity contribution in [1.29, 1.82) is 0 Å². The van der Waals surface area contributed by atoms with Gasteiger partial charge in [-0.1, -0.05) is 107 Å². The molecular formula is C93H161ClN12O9. The second kappa shape index (κ2) is 60.1. The second-order valence-electron chi connectivity index (χ2n) is 35.3. The van der Waals surface area contributed by atoms with Crippen LogP contribution in [0.2, 0.25) is 5.02 Å². The molecule has 3 aliphatic heterocycles. The number of halogens is 1. The molecule has 0 spiro atoms. The first-order chi connectivity index (χ1) is 53.8. The normalized spacial score (nSPS) is 17.4. The number of hydrogen-bond acceptors (Lipinski definition) is 13. The summed E-state index contributed by atoms with van der Waals surface area (Å²) < 4.78 is 5.34. The van der Waals surface area contributed by atoms with E-state index >= 15 is 0 Å². The summed E-state index contributed by atoms with van der Waals surface area (Å²) in [5, 5.41) is 30.9. The Labute approximate surface area is 702 Å². The second-order valence-corrected chi connectivity index (χ2v) is 35.7. The molecule has 2 aliphatic carbocycles. The molecule has 2 atom stereocenters. The van der Waals surface area contributed by atoms with Crippen molar-refractivity contribution in [1.82, 2.24) is 63.0 Å². The number of piperidine rings is 3. The van der Waals surface area contributed by atoms with Gasteiger partial charge in [0.1, 0.15) is 5.60 Å². The molecule has 2 saturated carbocycles. The van der Waals surface area contributed by atoms with Crippen molar-refractivity contribution in [3.05, 3.63) is 131 Å². The Kier molecular flexibility index (Phi) is 56.1. The zero-order chi connectivity index (χ0) is 87.5. The van der Waals surface area contributed by atoms with Crippen LogP contribution < -0.4 is 53.2 Å². The lowest BCUT2D eigenvalue weighted by Gasteiger charge is -2.33. The highest BCUT2D eigenvalue weighted by molar-refractivity contribution is 6.30. The molecule has 115 heavy (non-hydrogen) atoms. The maximum Gasteiger partial charge on any atom is 0.410 e. The third-order valence-corrected chi connectivity index (χ3v) is 18.7. The Bertz CT molecular complexity index is 3140. The fourth-order valence-electron chi connectivity index (χ4n) is 12.5. The van der Waals surface area contributed by atoms with Gasteiger partial charge in [0.2, 0.25) is 29.5 Å². The smallest absolute Gasteiger partial charge is 0.410 e. The number of nitrogens with one attached hydrogen (secondary N) is 10. The van der Waals surface area contributed by atoms with Gasteiger partial charge >= 0.3 is 6.09 Å². The number of amides is 8. The maximum atomic E-state index is 12.0. The molecule has 21 nitrogen and oxygen atoms in total. The fourth-order valence-corrected chi connectivity index (χ4v) is 12.6. The summed E-state index contributed by atoms with van der Waals surface area (Å²) in [4.78, 5) is 96.5. The van der Waals surface area contributed by atoms with E-state index in [2.05, 4.69) is 127 Å². The Morgan fingerprint density at radius 2 is 0.826 bits per heavy atom. The summed E-state index contributed by atoms with van der Waals surface area (Å²) in [6.07, 6.45) is 15.7. The summed E-state index contributed by atoms with van der Waals surface area (Å²) in [6, 6.07) is 28.4. The molecule has 3 aromatic rings. The number of nitrogens with zero attached hydrogens (tertiary/aromatic N) is 2. The molecule has 3 heterocycles. The van der Waals surface area contributed by atoms with E-state index in [1.165, 1.54) is 50.8 Å². The Balaban J connectivity index is 0.00000128. The van der Waals surface area contributed by atoms with Gasteiger partial charge in [-0.25, -0.2) is 4.79 Å². The monoisotopic (exact) mass is 1630 g/mol. The van der Waals surface area contributed by atoms with Gasteiger partial charge in [0, 0.05) is 125 Å². The van der Waals surface area contributed by atoms with Gasteiger partial charge in [-0.2, -0.15) is 0 Å². The summed E-state index contributed by atoms with van der Waals surface area (Å²) in [7, 11) is 2.11. The van der Waals surface area contributed by atoms with E-state index in [1.807, 2.05) is 166 Å². The average Bonchev–Trinajstić information content (AvgIpc) is 1.24. The van der Waals surface area contributed by atoms with Crippen molar-refractivity contribution in [3.63, 3.8) is 0 Å². The van der Waals surface area contributed by atoms with Gasteiger partial charge in [0.25, 0.3) is 11.8 Å². The molecule has 0 radical (unpaired) electrons. The Hall–Kier alpha value is -7.49. The van der Waals surface area contributed by atoms with Crippen LogP contribution in [0.1, 0.15) is 282 Å². The molecule has 3 saturated heterocycles.